The number of hydrogen-bond acceptors (Lipinski definition) is 4. The number of hydrogen-bond donors (Lipinski definition) is 1. The van der Waals surface area contributed by atoms with E-state index in [9.17, 15) is 0 Å². The van der Waals surface area contributed by atoms with E-state index in [-0.39, 0.29) is 6.10 Å². The lowest BCUT2D eigenvalue weighted by Gasteiger charge is -2.11. The van der Waals surface area contributed by atoms with E-state index in [1.54, 1.807) is 6.07 Å². The number of nitriles is 1. The summed E-state index contributed by atoms with van der Waals surface area (Å²) in [7, 11) is 0. The zero-order valence-electron chi connectivity index (χ0n) is 11.2. The lowest BCUT2D eigenvalue weighted by Crippen LogP contribution is -2.05. The molecule has 2 aromatic rings. The minimum absolute atomic E-state index is 0.156. The molecule has 0 unspecified atom stereocenters. The fourth-order valence-electron chi connectivity index (χ4n) is 1.62. The van der Waals surface area contributed by atoms with Gasteiger partial charge in [0.05, 0.1) is 16.1 Å². The van der Waals surface area contributed by atoms with Crippen LogP contribution in [0.15, 0.2) is 41.0 Å². The van der Waals surface area contributed by atoms with Crippen LogP contribution < -0.4 is 10.1 Å². The number of benzene rings is 1. The maximum atomic E-state index is 8.80. The summed E-state index contributed by atoms with van der Waals surface area (Å²) in [5, 5.41) is 12.0. The van der Waals surface area contributed by atoms with Crippen LogP contribution in [-0.4, -0.2) is 11.1 Å². The third kappa shape index (κ3) is 3.72. The summed E-state index contributed by atoms with van der Waals surface area (Å²) in [4.78, 5) is 4.20. The highest BCUT2D eigenvalue weighted by Gasteiger charge is 2.04. The molecule has 2 rings (SSSR count). The number of ether oxygens (including phenoxy) is 1. The molecule has 0 aliphatic carbocycles. The fraction of sp³-hybridized carbons (Fsp3) is 0.200. The molecule has 0 saturated heterocycles. The number of aromatic nitrogens is 1. The van der Waals surface area contributed by atoms with Crippen LogP contribution in [0, 0.1) is 11.3 Å². The van der Waals surface area contributed by atoms with Crippen LogP contribution in [0.5, 0.6) is 5.75 Å². The van der Waals surface area contributed by atoms with Crippen molar-refractivity contribution in [3.05, 3.63) is 46.6 Å². The molecular formula is C15H14BrN3O. The molecule has 102 valence electrons. The van der Waals surface area contributed by atoms with Crippen molar-refractivity contribution in [3.8, 4) is 11.8 Å². The molecule has 1 aromatic heterocycles. The van der Waals surface area contributed by atoms with Crippen LogP contribution >= 0.6 is 15.9 Å². The number of nitrogens with one attached hydrogen (secondary N) is 1. The Morgan fingerprint density at radius 1 is 1.30 bits per heavy atom. The zero-order valence-corrected chi connectivity index (χ0v) is 12.8. The summed E-state index contributed by atoms with van der Waals surface area (Å²) >= 11 is 3.39. The lowest BCUT2D eigenvalue weighted by molar-refractivity contribution is 0.242. The smallest absolute Gasteiger partial charge is 0.144 e. The summed E-state index contributed by atoms with van der Waals surface area (Å²) in [5.74, 6) is 1.50. The summed E-state index contributed by atoms with van der Waals surface area (Å²) in [6.07, 6.45) is 1.69. The van der Waals surface area contributed by atoms with E-state index in [1.807, 2.05) is 44.2 Å². The highest BCUT2D eigenvalue weighted by atomic mass is 79.9. The van der Waals surface area contributed by atoms with Crippen LogP contribution in [0.2, 0.25) is 0 Å². The van der Waals surface area contributed by atoms with Gasteiger partial charge in [0.1, 0.15) is 17.6 Å². The van der Waals surface area contributed by atoms with Crippen molar-refractivity contribution in [2.75, 3.05) is 5.32 Å². The highest BCUT2D eigenvalue weighted by molar-refractivity contribution is 9.10. The zero-order chi connectivity index (χ0) is 14.5. The van der Waals surface area contributed by atoms with Crippen molar-refractivity contribution in [2.45, 2.75) is 20.0 Å². The van der Waals surface area contributed by atoms with Gasteiger partial charge in [-0.3, -0.25) is 0 Å². The molecule has 20 heavy (non-hydrogen) atoms. The number of rotatable bonds is 4. The number of nitrogens with zero attached hydrogens (tertiary/aromatic N) is 2. The quantitative estimate of drug-likeness (QED) is 0.909. The van der Waals surface area contributed by atoms with Crippen molar-refractivity contribution >= 4 is 27.4 Å². The first-order valence-electron chi connectivity index (χ1n) is 6.18. The number of halogens is 1. The third-order valence-corrected chi connectivity index (χ3v) is 3.06. The fourth-order valence-corrected chi connectivity index (χ4v) is 2.06. The lowest BCUT2D eigenvalue weighted by atomic mass is 10.3. The Balaban J connectivity index is 2.12. The second-order valence-electron chi connectivity index (χ2n) is 4.48. The molecule has 0 atom stereocenters. The molecular weight excluding hydrogens is 318 g/mol. The minimum Gasteiger partial charge on any atom is -0.491 e. The van der Waals surface area contributed by atoms with Gasteiger partial charge in [-0.05, 0) is 60.1 Å². The maximum Gasteiger partial charge on any atom is 0.144 e. The standard InChI is InChI=1S/C15H14BrN3O/c1-10(2)20-13-5-3-12(4-6-13)19-15-14(16)7-11(8-17)9-18-15/h3-7,9-10H,1-2H3,(H,18,19). The van der Waals surface area contributed by atoms with Gasteiger partial charge in [0.25, 0.3) is 0 Å². The minimum atomic E-state index is 0.156. The van der Waals surface area contributed by atoms with E-state index < -0.39 is 0 Å². The summed E-state index contributed by atoms with van der Waals surface area (Å²) in [5.41, 5.74) is 1.42. The Labute approximate surface area is 126 Å². The largest absolute Gasteiger partial charge is 0.491 e. The van der Waals surface area contributed by atoms with Gasteiger partial charge in [-0.2, -0.15) is 5.26 Å². The predicted molar refractivity (Wildman–Crippen MR) is 82.1 cm³/mol. The van der Waals surface area contributed by atoms with Crippen molar-refractivity contribution in [2.24, 2.45) is 0 Å². The first-order chi connectivity index (χ1) is 9.58. The summed E-state index contributed by atoms with van der Waals surface area (Å²) in [6.45, 7) is 3.98. The Morgan fingerprint density at radius 3 is 2.55 bits per heavy atom. The normalized spacial score (nSPS) is 10.2. The van der Waals surface area contributed by atoms with E-state index in [0.717, 1.165) is 15.9 Å². The monoisotopic (exact) mass is 331 g/mol. The Bertz CT molecular complexity index is 633. The molecule has 0 aliphatic heterocycles. The van der Waals surface area contributed by atoms with Gasteiger partial charge >= 0.3 is 0 Å². The van der Waals surface area contributed by atoms with Crippen LogP contribution in [0.3, 0.4) is 0 Å². The molecule has 0 amide bonds. The first kappa shape index (κ1) is 14.4. The predicted octanol–water partition coefficient (Wildman–Crippen LogP) is 4.25. The van der Waals surface area contributed by atoms with Gasteiger partial charge < -0.3 is 10.1 Å². The molecule has 0 saturated carbocycles. The summed E-state index contributed by atoms with van der Waals surface area (Å²) in [6, 6.07) is 11.4. The van der Waals surface area contributed by atoms with E-state index in [0.29, 0.717) is 11.4 Å². The van der Waals surface area contributed by atoms with Crippen molar-refractivity contribution in [1.29, 1.82) is 5.26 Å². The molecule has 0 aliphatic rings. The topological polar surface area (TPSA) is 57.9 Å². The van der Waals surface area contributed by atoms with Crippen LogP contribution in [0.4, 0.5) is 11.5 Å². The number of anilines is 2. The van der Waals surface area contributed by atoms with Crippen molar-refractivity contribution < 1.29 is 4.74 Å². The number of pyridine rings is 1. The Kier molecular flexibility index (Phi) is 4.59. The molecule has 4 nitrogen and oxygen atoms in total. The molecule has 0 radical (unpaired) electrons. The molecule has 5 heteroatoms. The van der Waals surface area contributed by atoms with Crippen LogP contribution in [0.1, 0.15) is 19.4 Å². The van der Waals surface area contributed by atoms with Gasteiger partial charge in [-0.1, -0.05) is 0 Å². The van der Waals surface area contributed by atoms with Crippen molar-refractivity contribution in [3.63, 3.8) is 0 Å². The van der Waals surface area contributed by atoms with Gasteiger partial charge in [-0.25, -0.2) is 4.98 Å². The van der Waals surface area contributed by atoms with E-state index in [1.165, 1.54) is 6.20 Å². The average molecular weight is 332 g/mol. The molecule has 0 fully saturated rings. The molecule has 1 heterocycles. The maximum absolute atomic E-state index is 8.80. The van der Waals surface area contributed by atoms with E-state index in [2.05, 4.69) is 26.2 Å². The Hall–Kier alpha value is -2.06. The highest BCUT2D eigenvalue weighted by Crippen LogP contribution is 2.25. The summed E-state index contributed by atoms with van der Waals surface area (Å²) < 4.78 is 6.33. The second kappa shape index (κ2) is 6.40. The molecule has 0 spiro atoms. The van der Waals surface area contributed by atoms with Gasteiger partial charge in [0.2, 0.25) is 0 Å². The van der Waals surface area contributed by atoms with Gasteiger partial charge in [-0.15, -0.1) is 0 Å². The van der Waals surface area contributed by atoms with Crippen LogP contribution in [-0.2, 0) is 0 Å². The van der Waals surface area contributed by atoms with E-state index in [4.69, 9.17) is 10.00 Å². The molecule has 1 N–H and O–H groups in total. The third-order valence-electron chi connectivity index (χ3n) is 2.46. The van der Waals surface area contributed by atoms with Crippen molar-refractivity contribution in [1.82, 2.24) is 4.98 Å². The van der Waals surface area contributed by atoms with Crippen LogP contribution in [0.25, 0.3) is 0 Å². The van der Waals surface area contributed by atoms with Gasteiger partial charge in [0.15, 0.2) is 0 Å². The second-order valence-corrected chi connectivity index (χ2v) is 5.34. The average Bonchev–Trinajstić information content (AvgIpc) is 2.42. The Morgan fingerprint density at radius 2 is 2.00 bits per heavy atom. The SMILES string of the molecule is CC(C)Oc1ccc(Nc2ncc(C#N)cc2Br)cc1. The molecule has 0 bridgehead atoms. The van der Waals surface area contributed by atoms with Gasteiger partial charge in [0, 0.05) is 11.9 Å². The molecule has 1 aromatic carbocycles. The first-order valence-corrected chi connectivity index (χ1v) is 6.97. The van der Waals surface area contributed by atoms with E-state index >= 15 is 0 Å².